The van der Waals surface area contributed by atoms with Gasteiger partial charge in [0.05, 0.1) is 5.56 Å². The van der Waals surface area contributed by atoms with Gasteiger partial charge in [0.15, 0.2) is 5.78 Å². The lowest BCUT2D eigenvalue weighted by Gasteiger charge is -2.25. The summed E-state index contributed by atoms with van der Waals surface area (Å²) in [5.41, 5.74) is 6.01. The zero-order valence-electron chi connectivity index (χ0n) is 9.16. The van der Waals surface area contributed by atoms with Crippen molar-refractivity contribution in [3.05, 3.63) is 35.6 Å². The molecule has 2 N–H and O–H groups in total. The molecule has 16 heavy (non-hydrogen) atoms. The first-order valence-electron chi connectivity index (χ1n) is 5.73. The van der Waals surface area contributed by atoms with E-state index in [9.17, 15) is 9.18 Å². The Hall–Kier alpha value is -1.22. The average molecular weight is 221 g/mol. The van der Waals surface area contributed by atoms with Crippen LogP contribution in [0.1, 0.15) is 36.0 Å². The third kappa shape index (κ3) is 2.30. The van der Waals surface area contributed by atoms with Crippen LogP contribution in [0.15, 0.2) is 24.3 Å². The zero-order chi connectivity index (χ0) is 11.5. The van der Waals surface area contributed by atoms with Crippen LogP contribution in [0.25, 0.3) is 0 Å². The number of carbonyl (C=O) groups is 1. The molecule has 1 aromatic carbocycles. The molecule has 1 aliphatic carbocycles. The lowest BCUT2D eigenvalue weighted by Crippen LogP contribution is -2.30. The van der Waals surface area contributed by atoms with Gasteiger partial charge in [-0.25, -0.2) is 4.39 Å². The summed E-state index contributed by atoms with van der Waals surface area (Å²) in [5, 5.41) is 0. The van der Waals surface area contributed by atoms with Crippen LogP contribution in [0, 0.1) is 11.7 Å². The Morgan fingerprint density at radius 2 is 1.81 bits per heavy atom. The molecule has 1 aromatic rings. The summed E-state index contributed by atoms with van der Waals surface area (Å²) in [5.74, 6) is -0.524. The van der Waals surface area contributed by atoms with Gasteiger partial charge in [-0.2, -0.15) is 0 Å². The number of nitrogens with two attached hydrogens (primary N) is 1. The lowest BCUT2D eigenvalue weighted by molar-refractivity contribution is 0.0880. The molecular formula is C13H16FNO. The van der Waals surface area contributed by atoms with Crippen molar-refractivity contribution in [1.29, 1.82) is 0 Å². The minimum absolute atomic E-state index is 0.0447. The van der Waals surface area contributed by atoms with Crippen LogP contribution < -0.4 is 5.73 Å². The molecule has 3 heteroatoms. The Morgan fingerprint density at radius 1 is 1.19 bits per heavy atom. The van der Waals surface area contributed by atoms with Gasteiger partial charge in [0.2, 0.25) is 0 Å². The fourth-order valence-corrected chi connectivity index (χ4v) is 2.26. The molecule has 86 valence electrons. The molecule has 2 rings (SSSR count). The molecular weight excluding hydrogens is 205 g/mol. The van der Waals surface area contributed by atoms with E-state index in [0.29, 0.717) is 0 Å². The van der Waals surface area contributed by atoms with E-state index in [1.54, 1.807) is 18.2 Å². The smallest absolute Gasteiger partial charge is 0.168 e. The van der Waals surface area contributed by atoms with Gasteiger partial charge in [0, 0.05) is 12.0 Å². The predicted octanol–water partition coefficient (Wildman–Crippen LogP) is 2.53. The minimum atomic E-state index is -0.414. The largest absolute Gasteiger partial charge is 0.328 e. The van der Waals surface area contributed by atoms with Gasteiger partial charge < -0.3 is 5.73 Å². The SMILES string of the molecule is NC1CCC(C(=O)c2ccccc2F)CC1. The predicted molar refractivity (Wildman–Crippen MR) is 60.7 cm³/mol. The highest BCUT2D eigenvalue weighted by atomic mass is 19.1. The highest BCUT2D eigenvalue weighted by Gasteiger charge is 2.26. The second kappa shape index (κ2) is 4.74. The highest BCUT2D eigenvalue weighted by molar-refractivity contribution is 5.98. The van der Waals surface area contributed by atoms with Gasteiger partial charge in [-0.15, -0.1) is 0 Å². The number of Topliss-reactive ketones (excluding diaryl/α,β-unsaturated/α-hetero) is 1. The van der Waals surface area contributed by atoms with Crippen LogP contribution in [-0.2, 0) is 0 Å². The quantitative estimate of drug-likeness (QED) is 0.780. The molecule has 1 fully saturated rings. The standard InChI is InChI=1S/C13H16FNO/c14-12-4-2-1-3-11(12)13(16)9-5-7-10(15)8-6-9/h1-4,9-10H,5-8,15H2. The molecule has 1 saturated carbocycles. The van der Waals surface area contributed by atoms with Crippen LogP contribution in [0.2, 0.25) is 0 Å². The van der Waals surface area contributed by atoms with Crippen molar-refractivity contribution >= 4 is 5.78 Å². The minimum Gasteiger partial charge on any atom is -0.328 e. The number of hydrogen-bond donors (Lipinski definition) is 1. The summed E-state index contributed by atoms with van der Waals surface area (Å²) in [4.78, 5) is 12.0. The topological polar surface area (TPSA) is 43.1 Å². The number of benzene rings is 1. The van der Waals surface area contributed by atoms with Crippen LogP contribution in [0.3, 0.4) is 0 Å². The van der Waals surface area contributed by atoms with Crippen LogP contribution in [-0.4, -0.2) is 11.8 Å². The number of halogens is 1. The number of hydrogen-bond acceptors (Lipinski definition) is 2. The maximum absolute atomic E-state index is 13.4. The van der Waals surface area contributed by atoms with E-state index in [4.69, 9.17) is 5.73 Å². The van der Waals surface area contributed by atoms with Crippen molar-refractivity contribution in [2.45, 2.75) is 31.7 Å². The summed E-state index contributed by atoms with van der Waals surface area (Å²) in [6.07, 6.45) is 3.30. The van der Waals surface area contributed by atoms with E-state index >= 15 is 0 Å². The lowest BCUT2D eigenvalue weighted by atomic mass is 9.82. The number of carbonyl (C=O) groups excluding carboxylic acids is 1. The molecule has 2 nitrogen and oxygen atoms in total. The van der Waals surface area contributed by atoms with Gasteiger partial charge in [-0.1, -0.05) is 12.1 Å². The summed E-state index contributed by atoms with van der Waals surface area (Å²) < 4.78 is 13.4. The Kier molecular flexibility index (Phi) is 3.34. The van der Waals surface area contributed by atoms with E-state index in [-0.39, 0.29) is 23.3 Å². The molecule has 0 spiro atoms. The van der Waals surface area contributed by atoms with Crippen LogP contribution in [0.5, 0.6) is 0 Å². The van der Waals surface area contributed by atoms with Crippen LogP contribution in [0.4, 0.5) is 4.39 Å². The van der Waals surface area contributed by atoms with Gasteiger partial charge in [-0.05, 0) is 37.8 Å². The van der Waals surface area contributed by atoms with Crippen molar-refractivity contribution in [1.82, 2.24) is 0 Å². The van der Waals surface area contributed by atoms with Crippen molar-refractivity contribution in [3.8, 4) is 0 Å². The van der Waals surface area contributed by atoms with Crippen molar-refractivity contribution < 1.29 is 9.18 Å². The summed E-state index contributed by atoms with van der Waals surface area (Å²) in [6.45, 7) is 0. The Bertz CT molecular complexity index is 383. The summed E-state index contributed by atoms with van der Waals surface area (Å²) in [6, 6.07) is 6.41. The van der Waals surface area contributed by atoms with E-state index in [1.807, 2.05) is 0 Å². The van der Waals surface area contributed by atoms with Crippen molar-refractivity contribution in [3.63, 3.8) is 0 Å². The van der Waals surface area contributed by atoms with E-state index < -0.39 is 5.82 Å². The summed E-state index contributed by atoms with van der Waals surface area (Å²) >= 11 is 0. The normalized spacial score (nSPS) is 25.4. The van der Waals surface area contributed by atoms with E-state index in [0.717, 1.165) is 25.7 Å². The first-order chi connectivity index (χ1) is 7.68. The first-order valence-corrected chi connectivity index (χ1v) is 5.73. The molecule has 0 amide bonds. The van der Waals surface area contributed by atoms with Gasteiger partial charge in [-0.3, -0.25) is 4.79 Å². The molecule has 0 heterocycles. The third-order valence-electron chi connectivity index (χ3n) is 3.28. The monoisotopic (exact) mass is 221 g/mol. The molecule has 0 aliphatic heterocycles. The fourth-order valence-electron chi connectivity index (χ4n) is 2.26. The van der Waals surface area contributed by atoms with Gasteiger partial charge in [0.25, 0.3) is 0 Å². The zero-order valence-corrected chi connectivity index (χ0v) is 9.16. The fraction of sp³-hybridized carbons (Fsp3) is 0.462. The van der Waals surface area contributed by atoms with Crippen LogP contribution >= 0.6 is 0 Å². The molecule has 0 atom stereocenters. The average Bonchev–Trinajstić information content (AvgIpc) is 2.30. The third-order valence-corrected chi connectivity index (χ3v) is 3.28. The molecule has 0 radical (unpaired) electrons. The Balaban J connectivity index is 2.11. The Morgan fingerprint density at radius 3 is 2.44 bits per heavy atom. The first kappa shape index (κ1) is 11.3. The van der Waals surface area contributed by atoms with E-state index in [2.05, 4.69) is 0 Å². The molecule has 1 aliphatic rings. The molecule has 0 unspecified atom stereocenters. The van der Waals surface area contributed by atoms with E-state index in [1.165, 1.54) is 6.07 Å². The van der Waals surface area contributed by atoms with Crippen molar-refractivity contribution in [2.24, 2.45) is 11.7 Å². The maximum Gasteiger partial charge on any atom is 0.168 e. The second-order valence-electron chi connectivity index (χ2n) is 4.46. The highest BCUT2D eigenvalue weighted by Crippen LogP contribution is 2.27. The molecule has 0 saturated heterocycles. The van der Waals surface area contributed by atoms with Gasteiger partial charge in [0.1, 0.15) is 5.82 Å². The van der Waals surface area contributed by atoms with Crippen molar-refractivity contribution in [2.75, 3.05) is 0 Å². The number of ketones is 1. The Labute approximate surface area is 94.6 Å². The van der Waals surface area contributed by atoms with Gasteiger partial charge >= 0.3 is 0 Å². The molecule has 0 aromatic heterocycles. The second-order valence-corrected chi connectivity index (χ2v) is 4.46. The molecule has 0 bridgehead atoms. The summed E-state index contributed by atoms with van der Waals surface area (Å²) in [7, 11) is 0. The number of rotatable bonds is 2. The maximum atomic E-state index is 13.4.